The molecule has 25 heavy (non-hydrogen) atoms. The molecule has 1 saturated heterocycles. The molecule has 0 aromatic carbocycles. The van der Waals surface area contributed by atoms with Crippen molar-refractivity contribution in [3.8, 4) is 0 Å². The van der Waals surface area contributed by atoms with Gasteiger partial charge >= 0.3 is 0 Å². The van der Waals surface area contributed by atoms with Gasteiger partial charge in [-0.2, -0.15) is 9.97 Å². The summed E-state index contributed by atoms with van der Waals surface area (Å²) in [7, 11) is 0. The number of hydrogen-bond donors (Lipinski definition) is 2. The van der Waals surface area contributed by atoms with Crippen LogP contribution in [0.1, 0.15) is 40.0 Å². The van der Waals surface area contributed by atoms with Gasteiger partial charge in [0.05, 0.1) is 12.9 Å². The summed E-state index contributed by atoms with van der Waals surface area (Å²) in [5.41, 5.74) is 1.67. The Morgan fingerprint density at radius 1 is 1.40 bits per heavy atom. The molecule has 0 spiro atoms. The number of imidazole rings is 1. The summed E-state index contributed by atoms with van der Waals surface area (Å²) in [5, 5.41) is 3.22. The SMILES string of the molecule is CC1(C)C[C@@H]2C[C@](C)(CN2C(=O)CNc2nc(Cl)nc3nc[nH]c23)C1. The van der Waals surface area contributed by atoms with Crippen molar-refractivity contribution in [2.45, 2.75) is 46.1 Å². The average molecular weight is 363 g/mol. The van der Waals surface area contributed by atoms with Crippen molar-refractivity contribution < 1.29 is 4.79 Å². The third-order valence-electron chi connectivity index (χ3n) is 5.40. The smallest absolute Gasteiger partial charge is 0.242 e. The van der Waals surface area contributed by atoms with E-state index in [1.165, 1.54) is 12.7 Å². The standard InChI is InChI=1S/C17H23ClN6O/c1-16(2)4-10-5-17(3,7-16)8-24(10)11(25)6-19-13-12-14(21-9-20-12)23-15(18)22-13/h9-10H,4-8H2,1-3H3,(H2,19,20,21,22,23)/t10-,17+/m1/s1. The summed E-state index contributed by atoms with van der Waals surface area (Å²) in [6.45, 7) is 7.95. The lowest BCUT2D eigenvalue weighted by Gasteiger charge is -2.39. The van der Waals surface area contributed by atoms with Crippen LogP contribution in [0.25, 0.3) is 11.2 Å². The van der Waals surface area contributed by atoms with Gasteiger partial charge in [0, 0.05) is 12.6 Å². The Labute approximate surface area is 151 Å². The van der Waals surface area contributed by atoms with Gasteiger partial charge in [0.2, 0.25) is 11.2 Å². The summed E-state index contributed by atoms with van der Waals surface area (Å²) in [4.78, 5) is 30.2. The number of likely N-dealkylation sites (tertiary alicyclic amines) is 1. The van der Waals surface area contributed by atoms with Crippen LogP contribution < -0.4 is 5.32 Å². The first-order chi connectivity index (χ1) is 11.7. The minimum atomic E-state index is 0.105. The third kappa shape index (κ3) is 3.05. The highest BCUT2D eigenvalue weighted by molar-refractivity contribution is 6.28. The molecule has 7 nitrogen and oxygen atoms in total. The molecule has 2 atom stereocenters. The maximum Gasteiger partial charge on any atom is 0.242 e. The number of carbonyl (C=O) groups is 1. The van der Waals surface area contributed by atoms with Crippen LogP contribution in [0.15, 0.2) is 6.33 Å². The van der Waals surface area contributed by atoms with E-state index in [4.69, 9.17) is 11.6 Å². The second kappa shape index (κ2) is 5.56. The molecule has 2 bridgehead atoms. The first-order valence-corrected chi connectivity index (χ1v) is 9.03. The highest BCUT2D eigenvalue weighted by Gasteiger charge is 2.50. The van der Waals surface area contributed by atoms with Crippen molar-refractivity contribution in [3.05, 3.63) is 11.6 Å². The van der Waals surface area contributed by atoms with E-state index in [-0.39, 0.29) is 23.2 Å². The van der Waals surface area contributed by atoms with Gasteiger partial charge in [0.15, 0.2) is 11.5 Å². The fourth-order valence-electron chi connectivity index (χ4n) is 4.95. The van der Waals surface area contributed by atoms with Crippen molar-refractivity contribution >= 4 is 34.5 Å². The largest absolute Gasteiger partial charge is 0.359 e. The van der Waals surface area contributed by atoms with Crippen LogP contribution in [0, 0.1) is 10.8 Å². The summed E-state index contributed by atoms with van der Waals surface area (Å²) >= 11 is 5.93. The van der Waals surface area contributed by atoms with Crippen molar-refractivity contribution in [1.29, 1.82) is 0 Å². The average Bonchev–Trinajstić information content (AvgIpc) is 3.05. The molecular formula is C17H23ClN6O. The van der Waals surface area contributed by atoms with Gasteiger partial charge < -0.3 is 15.2 Å². The van der Waals surface area contributed by atoms with Crippen LogP contribution in [0.2, 0.25) is 5.28 Å². The number of rotatable bonds is 3. The van der Waals surface area contributed by atoms with E-state index in [2.05, 4.69) is 50.9 Å². The first kappa shape index (κ1) is 16.6. The molecule has 1 amide bonds. The van der Waals surface area contributed by atoms with E-state index in [1.54, 1.807) is 0 Å². The number of nitrogens with one attached hydrogen (secondary N) is 2. The zero-order valence-corrected chi connectivity index (χ0v) is 15.5. The van der Waals surface area contributed by atoms with Crippen molar-refractivity contribution in [2.75, 3.05) is 18.4 Å². The molecule has 2 N–H and O–H groups in total. The maximum atomic E-state index is 12.8. The van der Waals surface area contributed by atoms with E-state index in [9.17, 15) is 4.79 Å². The predicted octanol–water partition coefficient (Wildman–Crippen LogP) is 2.85. The number of amides is 1. The fourth-order valence-corrected chi connectivity index (χ4v) is 5.11. The molecule has 0 radical (unpaired) electrons. The molecule has 2 fully saturated rings. The van der Waals surface area contributed by atoms with Gasteiger partial charge in [-0.1, -0.05) is 20.8 Å². The predicted molar refractivity (Wildman–Crippen MR) is 96.4 cm³/mol. The lowest BCUT2D eigenvalue weighted by atomic mass is 9.65. The van der Waals surface area contributed by atoms with Crippen LogP contribution >= 0.6 is 11.6 Å². The molecule has 2 aromatic rings. The molecule has 1 saturated carbocycles. The van der Waals surface area contributed by atoms with Crippen LogP contribution in [0.3, 0.4) is 0 Å². The molecule has 1 aliphatic carbocycles. The van der Waals surface area contributed by atoms with E-state index >= 15 is 0 Å². The number of H-pyrrole nitrogens is 1. The molecular weight excluding hydrogens is 340 g/mol. The number of hydrogen-bond acceptors (Lipinski definition) is 5. The Bertz CT molecular complexity index is 834. The minimum Gasteiger partial charge on any atom is -0.359 e. The number of nitrogens with zero attached hydrogens (tertiary/aromatic N) is 4. The van der Waals surface area contributed by atoms with Crippen molar-refractivity contribution in [2.24, 2.45) is 10.8 Å². The Morgan fingerprint density at radius 3 is 3.00 bits per heavy atom. The zero-order chi connectivity index (χ0) is 17.8. The zero-order valence-electron chi connectivity index (χ0n) is 14.8. The second-order valence-electron chi connectivity index (χ2n) is 8.53. The van der Waals surface area contributed by atoms with Crippen LogP contribution in [-0.4, -0.2) is 49.9 Å². The van der Waals surface area contributed by atoms with Crippen LogP contribution in [0.4, 0.5) is 5.82 Å². The molecule has 4 rings (SSSR count). The van der Waals surface area contributed by atoms with Crippen molar-refractivity contribution in [3.63, 3.8) is 0 Å². The highest BCUT2D eigenvalue weighted by atomic mass is 35.5. The van der Waals surface area contributed by atoms with Gasteiger partial charge in [0.1, 0.15) is 5.52 Å². The van der Waals surface area contributed by atoms with Gasteiger partial charge in [-0.15, -0.1) is 0 Å². The van der Waals surface area contributed by atoms with E-state index in [0.717, 1.165) is 19.4 Å². The maximum absolute atomic E-state index is 12.8. The quantitative estimate of drug-likeness (QED) is 0.820. The Balaban J connectivity index is 1.49. The number of carbonyl (C=O) groups excluding carboxylic acids is 1. The Kier molecular flexibility index (Phi) is 3.68. The van der Waals surface area contributed by atoms with Gasteiger partial charge in [-0.3, -0.25) is 4.79 Å². The van der Waals surface area contributed by atoms with Gasteiger partial charge in [0.25, 0.3) is 0 Å². The van der Waals surface area contributed by atoms with Crippen LogP contribution in [0.5, 0.6) is 0 Å². The summed E-state index contributed by atoms with van der Waals surface area (Å²) in [6.07, 6.45) is 4.88. The van der Waals surface area contributed by atoms with Gasteiger partial charge in [-0.25, -0.2) is 4.98 Å². The number of fused-ring (bicyclic) bond motifs is 3. The second-order valence-corrected chi connectivity index (χ2v) is 8.87. The highest BCUT2D eigenvalue weighted by Crippen LogP contribution is 2.52. The number of halogens is 1. The summed E-state index contributed by atoms with van der Waals surface area (Å²) in [5.74, 6) is 0.614. The topological polar surface area (TPSA) is 86.8 Å². The number of aromatic nitrogens is 4. The molecule has 2 aromatic heterocycles. The lowest BCUT2D eigenvalue weighted by molar-refractivity contribution is -0.130. The lowest BCUT2D eigenvalue weighted by Crippen LogP contribution is -2.40. The van der Waals surface area contributed by atoms with E-state index in [1.807, 2.05) is 0 Å². The third-order valence-corrected chi connectivity index (χ3v) is 5.57. The molecule has 3 heterocycles. The monoisotopic (exact) mass is 362 g/mol. The normalized spacial score (nSPS) is 27.7. The Hall–Kier alpha value is -1.89. The molecule has 2 aliphatic rings. The minimum absolute atomic E-state index is 0.105. The van der Waals surface area contributed by atoms with Crippen molar-refractivity contribution in [1.82, 2.24) is 24.8 Å². The van der Waals surface area contributed by atoms with Gasteiger partial charge in [-0.05, 0) is 41.7 Å². The van der Waals surface area contributed by atoms with E-state index in [0.29, 0.717) is 28.4 Å². The summed E-state index contributed by atoms with van der Waals surface area (Å²) < 4.78 is 0. The molecule has 1 aliphatic heterocycles. The summed E-state index contributed by atoms with van der Waals surface area (Å²) in [6, 6.07) is 0.337. The molecule has 134 valence electrons. The number of aromatic amines is 1. The fraction of sp³-hybridized carbons (Fsp3) is 0.647. The van der Waals surface area contributed by atoms with E-state index < -0.39 is 0 Å². The molecule has 0 unspecified atom stereocenters. The first-order valence-electron chi connectivity index (χ1n) is 8.65. The van der Waals surface area contributed by atoms with Crippen LogP contribution in [-0.2, 0) is 4.79 Å². The number of anilines is 1. The Morgan fingerprint density at radius 2 is 2.20 bits per heavy atom. The molecule has 8 heteroatoms.